The highest BCUT2D eigenvalue weighted by atomic mass is 32.2. The van der Waals surface area contributed by atoms with Gasteiger partial charge in [-0.3, -0.25) is 8.37 Å². The molecule has 0 aliphatic carbocycles. The summed E-state index contributed by atoms with van der Waals surface area (Å²) in [6.45, 7) is 3.47. The predicted molar refractivity (Wildman–Crippen MR) is 108 cm³/mol. The summed E-state index contributed by atoms with van der Waals surface area (Å²) in [5.74, 6) is 0. The van der Waals surface area contributed by atoms with Gasteiger partial charge < -0.3 is 5.11 Å². The first kappa shape index (κ1) is 23.5. The third kappa shape index (κ3) is 7.52. The quantitative estimate of drug-likeness (QED) is 0.421. The van der Waals surface area contributed by atoms with E-state index in [1.807, 2.05) is 13.8 Å². The molecule has 9 heteroatoms. The fourth-order valence-electron chi connectivity index (χ4n) is 2.47. The first-order valence-corrected chi connectivity index (χ1v) is 12.0. The van der Waals surface area contributed by atoms with Gasteiger partial charge in [0.1, 0.15) is 0 Å². The number of hydrogen-bond acceptors (Lipinski definition) is 7. The van der Waals surface area contributed by atoms with E-state index in [0.29, 0.717) is 6.42 Å². The SMILES string of the molecule is Cc1ccc(S(=O)(=O)OCCCC(O)CCOS(=O)(=O)c2ccc(C)cc2)cc1. The number of aryl methyl sites for hydroxylation is 2. The van der Waals surface area contributed by atoms with E-state index in [-0.39, 0.29) is 35.8 Å². The van der Waals surface area contributed by atoms with Gasteiger partial charge in [-0.05, 0) is 57.4 Å². The average Bonchev–Trinajstić information content (AvgIpc) is 2.66. The van der Waals surface area contributed by atoms with Gasteiger partial charge in [-0.15, -0.1) is 0 Å². The topological polar surface area (TPSA) is 107 Å². The Kier molecular flexibility index (Phi) is 8.35. The summed E-state index contributed by atoms with van der Waals surface area (Å²) in [4.78, 5) is 0.144. The Balaban J connectivity index is 1.70. The fraction of sp³-hybridized carbons (Fsp3) is 0.400. The molecule has 1 unspecified atom stereocenters. The van der Waals surface area contributed by atoms with Crippen molar-refractivity contribution in [2.75, 3.05) is 13.2 Å². The molecule has 2 rings (SSSR count). The predicted octanol–water partition coefficient (Wildman–Crippen LogP) is 2.95. The first-order chi connectivity index (χ1) is 13.6. The van der Waals surface area contributed by atoms with Gasteiger partial charge in [0.25, 0.3) is 20.2 Å². The van der Waals surface area contributed by atoms with Crippen LogP contribution in [0.25, 0.3) is 0 Å². The van der Waals surface area contributed by atoms with Crippen molar-refractivity contribution in [2.24, 2.45) is 0 Å². The lowest BCUT2D eigenvalue weighted by molar-refractivity contribution is 0.124. The molecule has 0 fully saturated rings. The van der Waals surface area contributed by atoms with E-state index in [1.165, 1.54) is 24.3 Å². The van der Waals surface area contributed by atoms with Crippen molar-refractivity contribution >= 4 is 20.2 Å². The van der Waals surface area contributed by atoms with E-state index in [1.54, 1.807) is 24.3 Å². The maximum Gasteiger partial charge on any atom is 0.296 e. The van der Waals surface area contributed by atoms with Crippen molar-refractivity contribution in [2.45, 2.75) is 49.0 Å². The third-order valence-corrected chi connectivity index (χ3v) is 6.88. The Bertz CT molecular complexity index is 980. The molecule has 0 radical (unpaired) electrons. The van der Waals surface area contributed by atoms with Crippen molar-refractivity contribution in [3.8, 4) is 0 Å². The van der Waals surface area contributed by atoms with Gasteiger partial charge in [0.2, 0.25) is 0 Å². The molecule has 1 N–H and O–H groups in total. The highest BCUT2D eigenvalue weighted by molar-refractivity contribution is 7.87. The molecule has 2 aromatic rings. The summed E-state index contributed by atoms with van der Waals surface area (Å²) in [7, 11) is -7.70. The second-order valence-corrected chi connectivity index (χ2v) is 9.99. The molecule has 2 aromatic carbocycles. The minimum absolute atomic E-state index is 0.0623. The second-order valence-electron chi connectivity index (χ2n) is 6.76. The molecule has 0 bridgehead atoms. The lowest BCUT2D eigenvalue weighted by atomic mass is 10.1. The average molecular weight is 443 g/mol. The summed E-state index contributed by atoms with van der Waals surface area (Å²) >= 11 is 0. The molecule has 0 saturated heterocycles. The van der Waals surface area contributed by atoms with E-state index in [9.17, 15) is 21.9 Å². The van der Waals surface area contributed by atoms with E-state index in [0.717, 1.165) is 11.1 Å². The van der Waals surface area contributed by atoms with E-state index < -0.39 is 26.3 Å². The first-order valence-electron chi connectivity index (χ1n) is 9.20. The maximum absolute atomic E-state index is 12.1. The molecule has 160 valence electrons. The molecular weight excluding hydrogens is 416 g/mol. The van der Waals surface area contributed by atoms with E-state index in [4.69, 9.17) is 8.37 Å². The molecular formula is C20H26O7S2. The van der Waals surface area contributed by atoms with Crippen LogP contribution in [-0.4, -0.2) is 41.3 Å². The van der Waals surface area contributed by atoms with Gasteiger partial charge in [0, 0.05) is 0 Å². The van der Waals surface area contributed by atoms with Crippen LogP contribution < -0.4 is 0 Å². The highest BCUT2D eigenvalue weighted by Gasteiger charge is 2.17. The van der Waals surface area contributed by atoms with Crippen LogP contribution in [0.1, 0.15) is 30.4 Å². The van der Waals surface area contributed by atoms with Crippen LogP contribution in [0.2, 0.25) is 0 Å². The normalized spacial score (nSPS) is 13.3. The van der Waals surface area contributed by atoms with Crippen molar-refractivity contribution < 1.29 is 30.3 Å². The van der Waals surface area contributed by atoms with Crippen LogP contribution in [0.5, 0.6) is 0 Å². The molecule has 0 spiro atoms. The van der Waals surface area contributed by atoms with Gasteiger partial charge in [-0.1, -0.05) is 35.4 Å². The number of benzene rings is 2. The molecule has 7 nitrogen and oxygen atoms in total. The van der Waals surface area contributed by atoms with Gasteiger partial charge >= 0.3 is 0 Å². The second kappa shape index (κ2) is 10.3. The molecule has 0 amide bonds. The molecule has 1 atom stereocenters. The summed E-state index contributed by atoms with van der Waals surface area (Å²) in [6.07, 6.45) is -0.154. The van der Waals surface area contributed by atoms with Crippen molar-refractivity contribution in [1.29, 1.82) is 0 Å². The zero-order chi connectivity index (χ0) is 21.5. The van der Waals surface area contributed by atoms with Crippen molar-refractivity contribution in [1.82, 2.24) is 0 Å². The van der Waals surface area contributed by atoms with E-state index >= 15 is 0 Å². The van der Waals surface area contributed by atoms with Crippen LogP contribution in [0.15, 0.2) is 58.3 Å². The number of aliphatic hydroxyl groups excluding tert-OH is 1. The summed E-state index contributed by atoms with van der Waals surface area (Å²) in [6, 6.07) is 12.6. The largest absolute Gasteiger partial charge is 0.393 e. The number of rotatable bonds is 11. The minimum atomic E-state index is -3.87. The highest BCUT2D eigenvalue weighted by Crippen LogP contribution is 2.16. The Morgan fingerprint density at radius 2 is 1.14 bits per heavy atom. The zero-order valence-electron chi connectivity index (χ0n) is 16.4. The monoisotopic (exact) mass is 442 g/mol. The zero-order valence-corrected chi connectivity index (χ0v) is 18.1. The van der Waals surface area contributed by atoms with Crippen LogP contribution in [0.4, 0.5) is 0 Å². The molecule has 0 heterocycles. The fourth-order valence-corrected chi connectivity index (χ4v) is 4.34. The van der Waals surface area contributed by atoms with Gasteiger partial charge in [0.05, 0.1) is 29.1 Å². The van der Waals surface area contributed by atoms with Crippen LogP contribution in [0, 0.1) is 13.8 Å². The van der Waals surface area contributed by atoms with Gasteiger partial charge in [-0.25, -0.2) is 0 Å². The maximum atomic E-state index is 12.1. The molecule has 0 aromatic heterocycles. The number of aliphatic hydroxyl groups is 1. The Morgan fingerprint density at radius 1 is 0.724 bits per heavy atom. The summed E-state index contributed by atoms with van der Waals surface area (Å²) in [5, 5.41) is 9.95. The van der Waals surface area contributed by atoms with Crippen LogP contribution in [0.3, 0.4) is 0 Å². The summed E-state index contributed by atoms with van der Waals surface area (Å²) in [5.41, 5.74) is 1.88. The van der Waals surface area contributed by atoms with Crippen molar-refractivity contribution in [3.63, 3.8) is 0 Å². The van der Waals surface area contributed by atoms with Crippen molar-refractivity contribution in [3.05, 3.63) is 59.7 Å². The lowest BCUT2D eigenvalue weighted by Gasteiger charge is -2.11. The van der Waals surface area contributed by atoms with E-state index in [2.05, 4.69) is 0 Å². The molecule has 29 heavy (non-hydrogen) atoms. The van der Waals surface area contributed by atoms with Crippen LogP contribution in [-0.2, 0) is 28.6 Å². The summed E-state index contributed by atoms with van der Waals surface area (Å²) < 4.78 is 58.1. The Hall–Kier alpha value is -1.78. The number of hydrogen-bond donors (Lipinski definition) is 1. The third-order valence-electron chi connectivity index (χ3n) is 4.23. The standard InChI is InChI=1S/C20H26O7S2/c1-16-5-9-19(10-6-16)28(22,23)26-14-3-4-18(21)13-15-27-29(24,25)20-11-7-17(2)8-12-20/h5-12,18,21H,3-4,13-15H2,1-2H3. The lowest BCUT2D eigenvalue weighted by Crippen LogP contribution is -2.15. The van der Waals surface area contributed by atoms with Crippen LogP contribution >= 0.6 is 0 Å². The van der Waals surface area contributed by atoms with Gasteiger partial charge in [-0.2, -0.15) is 16.8 Å². The molecule has 0 saturated carbocycles. The smallest absolute Gasteiger partial charge is 0.296 e. The Labute approximate surface area is 172 Å². The minimum Gasteiger partial charge on any atom is -0.393 e. The molecule has 0 aliphatic heterocycles. The van der Waals surface area contributed by atoms with Gasteiger partial charge in [0.15, 0.2) is 0 Å². The Morgan fingerprint density at radius 3 is 1.59 bits per heavy atom. The molecule has 0 aliphatic rings.